The van der Waals surface area contributed by atoms with E-state index in [9.17, 15) is 0 Å². The molecule has 2 N–H and O–H groups in total. The summed E-state index contributed by atoms with van der Waals surface area (Å²) in [5.74, 6) is 0. The van der Waals surface area contributed by atoms with Crippen molar-refractivity contribution < 1.29 is 10.4 Å². The summed E-state index contributed by atoms with van der Waals surface area (Å²) in [6.07, 6.45) is 1.33. The molecule has 0 aliphatic carbocycles. The van der Waals surface area contributed by atoms with Gasteiger partial charge in [0.25, 0.3) is 0 Å². The third kappa shape index (κ3) is 6.69. The van der Waals surface area contributed by atoms with Gasteiger partial charge in [0.05, 0.1) is 16.3 Å². The predicted octanol–water partition coefficient (Wildman–Crippen LogP) is 6.39. The number of hydrogen-bond acceptors (Lipinski definition) is 4. The summed E-state index contributed by atoms with van der Waals surface area (Å²) in [4.78, 5) is 0. The van der Waals surface area contributed by atoms with E-state index in [0.717, 1.165) is 10.0 Å². The fraction of sp³-hybridized carbons (Fsp3) is 0. The third-order valence-electron chi connectivity index (χ3n) is 2.40. The summed E-state index contributed by atoms with van der Waals surface area (Å²) in [6, 6.07) is 10.2. The van der Waals surface area contributed by atoms with E-state index in [1.807, 2.05) is 0 Å². The van der Waals surface area contributed by atoms with Crippen LogP contribution in [0.15, 0.2) is 55.7 Å². The Bertz CT molecular complexity index is 740. The lowest BCUT2D eigenvalue weighted by molar-refractivity contribution is 0.321. The number of halogens is 5. The van der Waals surface area contributed by atoms with Crippen LogP contribution in [0.3, 0.4) is 0 Å². The Morgan fingerprint density at radius 3 is 2.00 bits per heavy atom. The second-order valence-electron chi connectivity index (χ2n) is 3.94. The Morgan fingerprint density at radius 1 is 0.957 bits per heavy atom. The van der Waals surface area contributed by atoms with E-state index in [1.54, 1.807) is 36.4 Å². The van der Waals surface area contributed by atoms with Crippen molar-refractivity contribution in [3.05, 3.63) is 66.5 Å². The van der Waals surface area contributed by atoms with Gasteiger partial charge in [-0.2, -0.15) is 0 Å². The highest BCUT2D eigenvalue weighted by molar-refractivity contribution is 9.10. The average Bonchev–Trinajstić information content (AvgIpc) is 2.54. The summed E-state index contributed by atoms with van der Waals surface area (Å²) in [6.45, 7) is 0. The second-order valence-corrected chi connectivity index (χ2v) is 6.82. The minimum absolute atomic E-state index is 0.0346. The molecule has 9 heteroatoms. The molecular formula is C14H9Br2Cl3N2O2. The van der Waals surface area contributed by atoms with Crippen molar-refractivity contribution >= 4 is 78.0 Å². The first-order chi connectivity index (χ1) is 10.9. The summed E-state index contributed by atoms with van der Waals surface area (Å²) in [5, 5.41) is 23.6. The second kappa shape index (κ2) is 10.2. The Labute approximate surface area is 164 Å². The van der Waals surface area contributed by atoms with E-state index in [-0.39, 0.29) is 5.17 Å². The molecule has 0 aliphatic heterocycles. The molecule has 0 saturated carbocycles. The fourth-order valence-electron chi connectivity index (χ4n) is 1.34. The van der Waals surface area contributed by atoms with Crippen LogP contribution in [0.25, 0.3) is 0 Å². The number of hydrogen-bond donors (Lipinski definition) is 2. The molecule has 122 valence electrons. The minimum Gasteiger partial charge on any atom is -0.411 e. The van der Waals surface area contributed by atoms with Crippen LogP contribution >= 0.6 is 66.7 Å². The molecule has 0 amide bonds. The molecule has 0 bridgehead atoms. The van der Waals surface area contributed by atoms with E-state index in [1.165, 1.54) is 6.21 Å². The predicted molar refractivity (Wildman–Crippen MR) is 102 cm³/mol. The summed E-state index contributed by atoms with van der Waals surface area (Å²) in [5.41, 5.74) is 1.40. The largest absolute Gasteiger partial charge is 0.411 e. The van der Waals surface area contributed by atoms with Crippen LogP contribution in [0.1, 0.15) is 11.1 Å². The molecule has 23 heavy (non-hydrogen) atoms. The Hall–Kier alpha value is -0.790. The molecule has 0 fully saturated rings. The molecule has 0 radical (unpaired) electrons. The molecule has 0 unspecified atom stereocenters. The van der Waals surface area contributed by atoms with Crippen molar-refractivity contribution in [2.45, 2.75) is 0 Å². The Balaban J connectivity index is 0.000000231. The summed E-state index contributed by atoms with van der Waals surface area (Å²) < 4.78 is 1.50. The van der Waals surface area contributed by atoms with Crippen LogP contribution in [0.4, 0.5) is 0 Å². The maximum Gasteiger partial charge on any atom is 0.175 e. The van der Waals surface area contributed by atoms with Crippen LogP contribution in [0.2, 0.25) is 10.0 Å². The lowest BCUT2D eigenvalue weighted by Gasteiger charge is -1.98. The highest BCUT2D eigenvalue weighted by atomic mass is 79.9. The van der Waals surface area contributed by atoms with E-state index in [4.69, 9.17) is 45.2 Å². The highest BCUT2D eigenvalue weighted by Gasteiger charge is 2.03. The number of rotatable bonds is 2. The molecule has 0 atom stereocenters. The fourth-order valence-corrected chi connectivity index (χ4v) is 2.47. The SMILES string of the molecule is O/N=C(\Cl)c1ccc(Cl)c(Br)c1.O/N=C/c1ccc(Cl)c(Br)c1. The van der Waals surface area contributed by atoms with E-state index in [0.29, 0.717) is 20.1 Å². The first-order valence-electron chi connectivity index (χ1n) is 5.84. The molecule has 2 aromatic rings. The zero-order valence-corrected chi connectivity index (χ0v) is 16.7. The van der Waals surface area contributed by atoms with Gasteiger partial charge in [0.2, 0.25) is 0 Å². The molecule has 0 saturated heterocycles. The van der Waals surface area contributed by atoms with Gasteiger partial charge in [-0.1, -0.05) is 57.2 Å². The van der Waals surface area contributed by atoms with Crippen molar-refractivity contribution in [1.29, 1.82) is 0 Å². The first-order valence-corrected chi connectivity index (χ1v) is 8.56. The van der Waals surface area contributed by atoms with Crippen LogP contribution < -0.4 is 0 Å². The highest BCUT2D eigenvalue weighted by Crippen LogP contribution is 2.24. The zero-order valence-electron chi connectivity index (χ0n) is 11.2. The average molecular weight is 503 g/mol. The van der Waals surface area contributed by atoms with Gasteiger partial charge in [0.1, 0.15) is 0 Å². The van der Waals surface area contributed by atoms with Gasteiger partial charge < -0.3 is 10.4 Å². The number of oxime groups is 2. The van der Waals surface area contributed by atoms with E-state index in [2.05, 4.69) is 42.2 Å². The maximum absolute atomic E-state index is 8.36. The zero-order chi connectivity index (χ0) is 17.4. The minimum atomic E-state index is 0.0346. The maximum atomic E-state index is 8.36. The van der Waals surface area contributed by atoms with Gasteiger partial charge in [-0.15, -0.1) is 0 Å². The molecule has 2 rings (SSSR count). The number of nitrogens with zero attached hydrogens (tertiary/aromatic N) is 2. The Morgan fingerprint density at radius 2 is 1.52 bits per heavy atom. The van der Waals surface area contributed by atoms with Crippen molar-refractivity contribution in [2.75, 3.05) is 0 Å². The molecule has 4 nitrogen and oxygen atoms in total. The van der Waals surface area contributed by atoms with Gasteiger partial charge in [0, 0.05) is 14.5 Å². The monoisotopic (exact) mass is 500 g/mol. The van der Waals surface area contributed by atoms with Crippen molar-refractivity contribution in [2.24, 2.45) is 10.3 Å². The molecule has 2 aromatic carbocycles. The quantitative estimate of drug-likeness (QED) is 0.284. The Kier molecular flexibility index (Phi) is 8.94. The first kappa shape index (κ1) is 20.3. The molecule has 0 heterocycles. The van der Waals surface area contributed by atoms with Crippen LogP contribution in [0.5, 0.6) is 0 Å². The van der Waals surface area contributed by atoms with Crippen LogP contribution in [-0.4, -0.2) is 21.8 Å². The van der Waals surface area contributed by atoms with Gasteiger partial charge in [0.15, 0.2) is 5.17 Å². The lowest BCUT2D eigenvalue weighted by atomic mass is 10.2. The lowest BCUT2D eigenvalue weighted by Crippen LogP contribution is -1.90. The van der Waals surface area contributed by atoms with Gasteiger partial charge in [-0.3, -0.25) is 0 Å². The van der Waals surface area contributed by atoms with Crippen molar-refractivity contribution in [3.63, 3.8) is 0 Å². The molecular weight excluding hydrogens is 494 g/mol. The van der Waals surface area contributed by atoms with Gasteiger partial charge in [-0.25, -0.2) is 0 Å². The smallest absolute Gasteiger partial charge is 0.175 e. The van der Waals surface area contributed by atoms with Gasteiger partial charge >= 0.3 is 0 Å². The summed E-state index contributed by atoms with van der Waals surface area (Å²) >= 11 is 23.5. The van der Waals surface area contributed by atoms with Crippen LogP contribution in [0, 0.1) is 0 Å². The van der Waals surface area contributed by atoms with E-state index >= 15 is 0 Å². The topological polar surface area (TPSA) is 65.2 Å². The molecule has 0 spiro atoms. The van der Waals surface area contributed by atoms with E-state index < -0.39 is 0 Å². The molecule has 0 aliphatic rings. The summed E-state index contributed by atoms with van der Waals surface area (Å²) in [7, 11) is 0. The third-order valence-corrected chi connectivity index (χ3v) is 5.12. The standard InChI is InChI=1S/C7H4BrCl2NO.C7H5BrClNO/c8-5-3-4(7(10)11-12)1-2-6(5)9;8-6-3-5(4-10-11)1-2-7(6)9/h1-3,12H;1-4,11H/b11-7-;10-4+. The molecule has 0 aromatic heterocycles. The number of benzene rings is 2. The van der Waals surface area contributed by atoms with Gasteiger partial charge in [-0.05, 0) is 61.7 Å². The van der Waals surface area contributed by atoms with Crippen molar-refractivity contribution in [3.8, 4) is 0 Å². The van der Waals surface area contributed by atoms with Crippen molar-refractivity contribution in [1.82, 2.24) is 0 Å². The van der Waals surface area contributed by atoms with Crippen LogP contribution in [-0.2, 0) is 0 Å². The normalized spacial score (nSPS) is 11.3.